The van der Waals surface area contributed by atoms with Crippen molar-refractivity contribution in [1.29, 1.82) is 0 Å². The number of nitrogens with zero attached hydrogens (tertiary/aromatic N) is 3. The van der Waals surface area contributed by atoms with E-state index in [4.69, 9.17) is 4.42 Å². The Morgan fingerprint density at radius 2 is 1.89 bits per heavy atom. The summed E-state index contributed by atoms with van der Waals surface area (Å²) < 4.78 is 42.4. The molecule has 0 saturated heterocycles. The highest BCUT2D eigenvalue weighted by atomic mass is 19.3. The van der Waals surface area contributed by atoms with Crippen LogP contribution in [0.25, 0.3) is 11.5 Å². The maximum atomic E-state index is 12.8. The molecule has 0 amide bonds. The van der Waals surface area contributed by atoms with Crippen LogP contribution in [-0.4, -0.2) is 35.1 Å². The molecule has 2 rings (SSSR count). The summed E-state index contributed by atoms with van der Waals surface area (Å²) in [5.41, 5.74) is 0.580. The second-order valence-electron chi connectivity index (χ2n) is 4.10. The second kappa shape index (κ2) is 5.83. The summed E-state index contributed by atoms with van der Waals surface area (Å²) in [6.45, 7) is -0.229. The minimum Gasteiger partial charge on any atom is -0.419 e. The van der Waals surface area contributed by atoms with Crippen molar-refractivity contribution in [2.45, 2.75) is 13.0 Å². The Bertz CT molecular complexity index is 527. The van der Waals surface area contributed by atoms with E-state index in [-0.39, 0.29) is 30.7 Å². The van der Waals surface area contributed by atoms with Crippen LogP contribution in [-0.2, 0) is 6.54 Å². The first-order valence-corrected chi connectivity index (χ1v) is 5.59. The highest BCUT2D eigenvalue weighted by molar-refractivity contribution is 5.51. The lowest BCUT2D eigenvalue weighted by atomic mass is 10.2. The van der Waals surface area contributed by atoms with E-state index in [2.05, 4.69) is 10.2 Å². The largest absolute Gasteiger partial charge is 0.419 e. The average molecular weight is 271 g/mol. The van der Waals surface area contributed by atoms with Gasteiger partial charge in [-0.1, -0.05) is 0 Å². The number of hydrogen-bond donors (Lipinski definition) is 0. The first-order valence-electron chi connectivity index (χ1n) is 5.59. The average Bonchev–Trinajstić information content (AvgIpc) is 2.77. The van der Waals surface area contributed by atoms with Crippen molar-refractivity contribution < 1.29 is 17.6 Å². The summed E-state index contributed by atoms with van der Waals surface area (Å²) >= 11 is 0. The van der Waals surface area contributed by atoms with E-state index >= 15 is 0 Å². The maximum Gasteiger partial charge on any atom is 0.251 e. The quantitative estimate of drug-likeness (QED) is 0.838. The highest BCUT2D eigenvalue weighted by Gasteiger charge is 2.13. The number of aromatic nitrogens is 2. The molecule has 0 aliphatic carbocycles. The molecule has 0 bridgehead atoms. The van der Waals surface area contributed by atoms with Crippen LogP contribution >= 0.6 is 0 Å². The molecule has 7 heteroatoms. The van der Waals surface area contributed by atoms with Gasteiger partial charge in [0.2, 0.25) is 11.8 Å². The summed E-state index contributed by atoms with van der Waals surface area (Å²) in [7, 11) is 1.54. The van der Waals surface area contributed by atoms with Gasteiger partial charge in [-0.25, -0.2) is 13.2 Å². The Morgan fingerprint density at radius 3 is 2.53 bits per heavy atom. The predicted molar refractivity (Wildman–Crippen MR) is 62.0 cm³/mol. The van der Waals surface area contributed by atoms with E-state index in [0.29, 0.717) is 5.56 Å². The summed E-state index contributed by atoms with van der Waals surface area (Å²) in [5, 5.41) is 7.56. The fraction of sp³-hybridized carbons (Fsp3) is 0.333. The van der Waals surface area contributed by atoms with Gasteiger partial charge in [0.15, 0.2) is 0 Å². The van der Waals surface area contributed by atoms with Crippen LogP contribution < -0.4 is 0 Å². The van der Waals surface area contributed by atoms with Crippen molar-refractivity contribution >= 4 is 0 Å². The van der Waals surface area contributed by atoms with Crippen LogP contribution in [0.1, 0.15) is 5.89 Å². The molecule has 0 spiro atoms. The summed E-state index contributed by atoms with van der Waals surface area (Å²) in [5.74, 6) is 0.114. The van der Waals surface area contributed by atoms with Gasteiger partial charge in [-0.05, 0) is 31.3 Å². The zero-order chi connectivity index (χ0) is 13.8. The van der Waals surface area contributed by atoms with Crippen LogP contribution in [0.15, 0.2) is 28.7 Å². The Hall–Kier alpha value is -1.89. The van der Waals surface area contributed by atoms with Gasteiger partial charge in [-0.3, -0.25) is 4.90 Å². The number of rotatable bonds is 5. The van der Waals surface area contributed by atoms with Crippen molar-refractivity contribution in [2.24, 2.45) is 0 Å². The van der Waals surface area contributed by atoms with E-state index in [1.165, 1.54) is 36.2 Å². The summed E-state index contributed by atoms with van der Waals surface area (Å²) in [6.07, 6.45) is -2.41. The lowest BCUT2D eigenvalue weighted by molar-refractivity contribution is 0.0939. The topological polar surface area (TPSA) is 42.2 Å². The van der Waals surface area contributed by atoms with E-state index in [0.717, 1.165) is 0 Å². The van der Waals surface area contributed by atoms with Gasteiger partial charge in [0, 0.05) is 5.56 Å². The zero-order valence-electron chi connectivity index (χ0n) is 10.2. The molecule has 0 saturated carbocycles. The maximum absolute atomic E-state index is 12.8. The predicted octanol–water partition coefficient (Wildman–Crippen LogP) is 2.57. The minimum absolute atomic E-state index is 0.137. The number of benzene rings is 1. The van der Waals surface area contributed by atoms with E-state index in [1.54, 1.807) is 0 Å². The van der Waals surface area contributed by atoms with Gasteiger partial charge < -0.3 is 4.42 Å². The van der Waals surface area contributed by atoms with Crippen molar-refractivity contribution in [2.75, 3.05) is 13.6 Å². The molecule has 0 fully saturated rings. The smallest absolute Gasteiger partial charge is 0.251 e. The number of halogens is 3. The molecule has 0 N–H and O–H groups in total. The fourth-order valence-corrected chi connectivity index (χ4v) is 1.56. The van der Waals surface area contributed by atoms with Gasteiger partial charge in [-0.15, -0.1) is 10.2 Å². The fourth-order valence-electron chi connectivity index (χ4n) is 1.56. The van der Waals surface area contributed by atoms with Gasteiger partial charge in [0.1, 0.15) is 5.82 Å². The molecular weight excluding hydrogens is 259 g/mol. The van der Waals surface area contributed by atoms with E-state index in [1.807, 2.05) is 0 Å². The molecule has 102 valence electrons. The second-order valence-corrected chi connectivity index (χ2v) is 4.10. The van der Waals surface area contributed by atoms with Crippen molar-refractivity contribution in [3.8, 4) is 11.5 Å². The third kappa shape index (κ3) is 3.78. The van der Waals surface area contributed by atoms with Crippen LogP contribution in [0.2, 0.25) is 0 Å². The van der Waals surface area contributed by atoms with Crippen molar-refractivity contribution in [3.63, 3.8) is 0 Å². The molecule has 0 aliphatic heterocycles. The van der Waals surface area contributed by atoms with Gasteiger partial charge >= 0.3 is 0 Å². The Balaban J connectivity index is 2.04. The van der Waals surface area contributed by atoms with Gasteiger partial charge in [0.25, 0.3) is 6.43 Å². The molecule has 2 aromatic rings. The molecule has 1 aromatic heterocycles. The zero-order valence-corrected chi connectivity index (χ0v) is 10.2. The standard InChI is InChI=1S/C12H12F3N3O/c1-18(6-10(14)15)7-11-16-17-12(19-11)8-2-4-9(13)5-3-8/h2-5,10H,6-7H2,1H3. The first-order chi connectivity index (χ1) is 9.04. The molecule has 4 nitrogen and oxygen atoms in total. The first kappa shape index (κ1) is 13.5. The Morgan fingerprint density at radius 1 is 1.21 bits per heavy atom. The molecule has 1 heterocycles. The number of hydrogen-bond acceptors (Lipinski definition) is 4. The molecule has 0 unspecified atom stereocenters. The van der Waals surface area contributed by atoms with Crippen LogP contribution in [0, 0.1) is 5.82 Å². The third-order valence-corrected chi connectivity index (χ3v) is 2.41. The van der Waals surface area contributed by atoms with Crippen molar-refractivity contribution in [1.82, 2.24) is 15.1 Å². The number of alkyl halides is 2. The SMILES string of the molecule is CN(Cc1nnc(-c2ccc(F)cc2)o1)CC(F)F. The molecular formula is C12H12F3N3O. The van der Waals surface area contributed by atoms with Gasteiger partial charge in [0.05, 0.1) is 13.1 Å². The normalized spacial score (nSPS) is 11.5. The van der Waals surface area contributed by atoms with Crippen LogP contribution in [0.4, 0.5) is 13.2 Å². The molecule has 0 atom stereocenters. The lowest BCUT2D eigenvalue weighted by Gasteiger charge is -2.12. The summed E-state index contributed by atoms with van der Waals surface area (Å²) in [6, 6.07) is 5.58. The molecule has 1 aromatic carbocycles. The van der Waals surface area contributed by atoms with Gasteiger partial charge in [-0.2, -0.15) is 0 Å². The summed E-state index contributed by atoms with van der Waals surface area (Å²) in [4.78, 5) is 1.38. The molecule has 0 aliphatic rings. The van der Waals surface area contributed by atoms with Crippen LogP contribution in [0.5, 0.6) is 0 Å². The van der Waals surface area contributed by atoms with Crippen LogP contribution in [0.3, 0.4) is 0 Å². The minimum atomic E-state index is -2.41. The van der Waals surface area contributed by atoms with E-state index in [9.17, 15) is 13.2 Å². The third-order valence-electron chi connectivity index (χ3n) is 2.41. The monoisotopic (exact) mass is 271 g/mol. The molecule has 0 radical (unpaired) electrons. The van der Waals surface area contributed by atoms with E-state index < -0.39 is 6.43 Å². The Kier molecular flexibility index (Phi) is 4.16. The van der Waals surface area contributed by atoms with Crippen molar-refractivity contribution in [3.05, 3.63) is 36.0 Å². The molecule has 19 heavy (non-hydrogen) atoms. The Labute approximate surface area is 107 Å². The lowest BCUT2D eigenvalue weighted by Crippen LogP contribution is -2.24. The highest BCUT2D eigenvalue weighted by Crippen LogP contribution is 2.18.